The number of nitrogens with zero attached hydrogens (tertiary/aromatic N) is 2. The van der Waals surface area contributed by atoms with Gasteiger partial charge < -0.3 is 9.29 Å². The zero-order valence-corrected chi connectivity index (χ0v) is 17.3. The topological polar surface area (TPSA) is 106 Å². The molecule has 3 aromatic rings. The molecule has 1 aromatic heterocycles. The van der Waals surface area contributed by atoms with Crippen molar-refractivity contribution in [2.45, 2.75) is 10.9 Å². The Morgan fingerprint density at radius 1 is 1.13 bits per heavy atom. The van der Waals surface area contributed by atoms with Crippen LogP contribution in [0.25, 0.3) is 10.2 Å². The van der Waals surface area contributed by atoms with E-state index in [4.69, 9.17) is 9.29 Å². The van der Waals surface area contributed by atoms with Crippen molar-refractivity contribution in [3.8, 4) is 5.75 Å². The summed E-state index contributed by atoms with van der Waals surface area (Å²) in [6.07, 6.45) is 0. The standard InChI is InChI=1S/C17H8F4N2O5S3/c18-7-4-11(13(20)14(21)12(7)19)31(26,27)28-6-1-2-8-10(3-6)30-16(22-8)15-23-9(5-29-15)17(24)25/h1-4,9H,5H2,(H,24,25)/t9-/m1/s1. The Bertz CT molecular complexity index is 1370. The van der Waals surface area contributed by atoms with Crippen LogP contribution < -0.4 is 4.18 Å². The van der Waals surface area contributed by atoms with Gasteiger partial charge in [-0.2, -0.15) is 8.42 Å². The van der Waals surface area contributed by atoms with E-state index in [1.165, 1.54) is 30.0 Å². The second kappa shape index (κ2) is 7.76. The van der Waals surface area contributed by atoms with Crippen LogP contribution in [0.1, 0.15) is 5.01 Å². The zero-order valence-electron chi connectivity index (χ0n) is 14.8. The van der Waals surface area contributed by atoms with E-state index in [1.807, 2.05) is 0 Å². The molecule has 0 unspecified atom stereocenters. The van der Waals surface area contributed by atoms with Crippen LogP contribution in [0.5, 0.6) is 5.75 Å². The van der Waals surface area contributed by atoms with Gasteiger partial charge in [-0.15, -0.1) is 23.1 Å². The highest BCUT2D eigenvalue weighted by molar-refractivity contribution is 8.15. The van der Waals surface area contributed by atoms with Gasteiger partial charge in [0.1, 0.15) is 20.7 Å². The van der Waals surface area contributed by atoms with Gasteiger partial charge in [-0.1, -0.05) is 0 Å². The maximum atomic E-state index is 13.9. The Balaban J connectivity index is 1.66. The molecule has 0 saturated heterocycles. The molecular formula is C17H8F4N2O5S3. The number of fused-ring (bicyclic) bond motifs is 1. The molecule has 0 saturated carbocycles. The van der Waals surface area contributed by atoms with Gasteiger partial charge >= 0.3 is 16.1 Å². The summed E-state index contributed by atoms with van der Waals surface area (Å²) in [5.74, 6) is -9.54. The quantitative estimate of drug-likeness (QED) is 0.251. The largest absolute Gasteiger partial charge is 0.480 e. The van der Waals surface area contributed by atoms with E-state index in [-0.39, 0.29) is 17.6 Å². The molecule has 4 rings (SSSR count). The lowest BCUT2D eigenvalue weighted by Gasteiger charge is -2.09. The Hall–Kier alpha value is -2.71. The summed E-state index contributed by atoms with van der Waals surface area (Å²) in [4.78, 5) is 17.9. The molecule has 0 spiro atoms. The summed E-state index contributed by atoms with van der Waals surface area (Å²) in [7, 11) is -5.03. The van der Waals surface area contributed by atoms with E-state index in [9.17, 15) is 30.8 Å². The highest BCUT2D eigenvalue weighted by atomic mass is 32.2. The normalized spacial score (nSPS) is 16.5. The first kappa shape index (κ1) is 21.5. The molecule has 0 amide bonds. The van der Waals surface area contributed by atoms with Crippen molar-refractivity contribution in [2.24, 2.45) is 4.99 Å². The summed E-state index contributed by atoms with van der Waals surface area (Å²) >= 11 is 2.29. The number of benzene rings is 2. The van der Waals surface area contributed by atoms with Crippen molar-refractivity contribution >= 4 is 54.4 Å². The molecule has 7 nitrogen and oxygen atoms in total. The number of carboxylic acids is 1. The third-order valence-corrected chi connectivity index (χ3v) is 7.48. The first-order chi connectivity index (χ1) is 14.6. The van der Waals surface area contributed by atoms with Gasteiger partial charge in [0.2, 0.25) is 0 Å². The number of aliphatic carboxylic acids is 1. The maximum absolute atomic E-state index is 13.9. The number of hydrogen-bond acceptors (Lipinski definition) is 8. The fourth-order valence-electron chi connectivity index (χ4n) is 2.57. The number of rotatable bonds is 5. The van der Waals surface area contributed by atoms with Gasteiger partial charge in [0.25, 0.3) is 0 Å². The van der Waals surface area contributed by atoms with Crippen LogP contribution in [0.15, 0.2) is 34.2 Å². The highest BCUT2D eigenvalue weighted by Crippen LogP contribution is 2.33. The van der Waals surface area contributed by atoms with E-state index >= 15 is 0 Å². The average Bonchev–Trinajstić information content (AvgIpc) is 3.35. The van der Waals surface area contributed by atoms with Gasteiger partial charge in [-0.25, -0.2) is 27.3 Å². The molecule has 0 fully saturated rings. The molecule has 2 heterocycles. The van der Waals surface area contributed by atoms with Crippen molar-refractivity contribution in [2.75, 3.05) is 5.75 Å². The lowest BCUT2D eigenvalue weighted by Crippen LogP contribution is -2.17. The highest BCUT2D eigenvalue weighted by Gasteiger charge is 2.30. The minimum absolute atomic E-state index is 0.0132. The zero-order chi connectivity index (χ0) is 22.5. The van der Waals surface area contributed by atoms with Crippen molar-refractivity contribution in [3.05, 3.63) is 52.5 Å². The van der Waals surface area contributed by atoms with Crippen molar-refractivity contribution in [3.63, 3.8) is 0 Å². The number of carbonyl (C=O) groups is 1. The predicted molar refractivity (Wildman–Crippen MR) is 104 cm³/mol. The van der Waals surface area contributed by atoms with Crippen LogP contribution in [0.2, 0.25) is 0 Å². The van der Waals surface area contributed by atoms with Crippen LogP contribution in [-0.2, 0) is 14.9 Å². The third-order valence-electron chi connectivity index (χ3n) is 4.02. The summed E-state index contributed by atoms with van der Waals surface area (Å²) in [5, 5.41) is 9.85. The molecule has 0 aliphatic carbocycles. The molecule has 0 radical (unpaired) electrons. The van der Waals surface area contributed by atoms with Crippen LogP contribution in [0, 0.1) is 23.3 Å². The van der Waals surface area contributed by atoms with E-state index in [2.05, 4.69) is 9.98 Å². The first-order valence-electron chi connectivity index (χ1n) is 8.18. The van der Waals surface area contributed by atoms with Crippen LogP contribution in [-0.4, -0.2) is 41.3 Å². The number of thiazole rings is 1. The number of aromatic nitrogens is 1. The molecule has 14 heteroatoms. The van der Waals surface area contributed by atoms with Gasteiger partial charge in [-0.05, 0) is 12.1 Å². The van der Waals surface area contributed by atoms with Gasteiger partial charge in [0.15, 0.2) is 29.3 Å². The molecular weight excluding hydrogens is 484 g/mol. The molecule has 31 heavy (non-hydrogen) atoms. The van der Waals surface area contributed by atoms with Crippen LogP contribution in [0.3, 0.4) is 0 Å². The summed E-state index contributed by atoms with van der Waals surface area (Å²) in [6, 6.07) is 2.92. The summed E-state index contributed by atoms with van der Waals surface area (Å²) in [5.41, 5.74) is 0.428. The Kier molecular flexibility index (Phi) is 5.39. The fraction of sp³-hybridized carbons (Fsp3) is 0.118. The predicted octanol–water partition coefficient (Wildman–Crippen LogP) is 3.57. The number of thioether (sulfide) groups is 1. The van der Waals surface area contributed by atoms with Gasteiger partial charge in [-0.3, -0.25) is 4.99 Å². The van der Waals surface area contributed by atoms with E-state index in [0.29, 0.717) is 20.3 Å². The average molecular weight is 492 g/mol. The van der Waals surface area contributed by atoms with E-state index in [1.54, 1.807) is 0 Å². The molecule has 2 aromatic carbocycles. The SMILES string of the molecule is O=C(O)[C@H]1CSC(c2nc3ccc(OS(=O)(=O)c4cc(F)c(F)c(F)c4F)cc3s2)=N1. The fourth-order valence-corrected chi connectivity index (χ4v) is 5.67. The smallest absolute Gasteiger partial charge is 0.342 e. The summed E-state index contributed by atoms with van der Waals surface area (Å²) in [6.45, 7) is 0. The molecule has 162 valence electrons. The number of aliphatic imine (C=N–C) groups is 1. The second-order valence-corrected chi connectivity index (χ2v) is 9.64. The molecule has 1 atom stereocenters. The number of halogens is 4. The van der Waals surface area contributed by atoms with E-state index < -0.39 is 50.3 Å². The Labute approximate surface area is 179 Å². The summed E-state index contributed by atoms with van der Waals surface area (Å²) < 4.78 is 83.4. The Morgan fingerprint density at radius 2 is 1.87 bits per heavy atom. The molecule has 1 aliphatic rings. The molecule has 1 N–H and O–H groups in total. The third kappa shape index (κ3) is 3.97. The van der Waals surface area contributed by atoms with Crippen molar-refractivity contribution in [1.29, 1.82) is 0 Å². The van der Waals surface area contributed by atoms with Crippen LogP contribution >= 0.6 is 23.1 Å². The van der Waals surface area contributed by atoms with Gasteiger partial charge in [0.05, 0.1) is 10.2 Å². The number of carboxylic acid groups (broad SMARTS) is 1. The first-order valence-corrected chi connectivity index (χ1v) is 11.4. The van der Waals surface area contributed by atoms with Crippen molar-refractivity contribution < 1.29 is 40.1 Å². The lowest BCUT2D eigenvalue weighted by molar-refractivity contribution is -0.137. The maximum Gasteiger partial charge on any atom is 0.342 e. The van der Waals surface area contributed by atoms with Gasteiger partial charge in [0, 0.05) is 17.9 Å². The monoisotopic (exact) mass is 492 g/mol. The Morgan fingerprint density at radius 3 is 2.55 bits per heavy atom. The van der Waals surface area contributed by atoms with Crippen LogP contribution in [0.4, 0.5) is 17.6 Å². The molecule has 1 aliphatic heterocycles. The molecule has 0 bridgehead atoms. The minimum atomic E-state index is -5.03. The minimum Gasteiger partial charge on any atom is -0.480 e. The number of hydrogen-bond donors (Lipinski definition) is 1. The second-order valence-electron chi connectivity index (χ2n) is 6.08. The van der Waals surface area contributed by atoms with E-state index in [0.717, 1.165) is 11.3 Å². The lowest BCUT2D eigenvalue weighted by atomic mass is 10.3. The van der Waals surface area contributed by atoms with Crippen molar-refractivity contribution in [1.82, 2.24) is 4.98 Å².